The molecule has 3 atom stereocenters. The van der Waals surface area contributed by atoms with E-state index in [2.05, 4.69) is 25.5 Å². The third-order valence-corrected chi connectivity index (χ3v) is 5.78. The van der Waals surface area contributed by atoms with E-state index in [0.717, 1.165) is 23.1 Å². The lowest BCUT2D eigenvalue weighted by Gasteiger charge is -2.20. The number of halogens is 4. The van der Waals surface area contributed by atoms with Gasteiger partial charge in [0.05, 0.1) is 30.1 Å². The number of nitrogens with one attached hydrogen (secondary N) is 2. The summed E-state index contributed by atoms with van der Waals surface area (Å²) in [5.74, 6) is -1.17. The Labute approximate surface area is 190 Å². The predicted octanol–water partition coefficient (Wildman–Crippen LogP) is 2.17. The normalized spacial score (nSPS) is 20.6. The van der Waals surface area contributed by atoms with Crippen molar-refractivity contribution >= 4 is 22.8 Å². The highest BCUT2D eigenvalue weighted by molar-refractivity contribution is 6.07. The van der Waals surface area contributed by atoms with Gasteiger partial charge in [-0.05, 0) is 36.1 Å². The molecule has 1 aliphatic rings. The molecule has 0 saturated heterocycles. The number of alkyl halides is 3. The summed E-state index contributed by atoms with van der Waals surface area (Å²) in [4.78, 5) is 22.5. The lowest BCUT2D eigenvalue weighted by molar-refractivity contribution is -0.127. The summed E-state index contributed by atoms with van der Waals surface area (Å²) in [6.07, 6.45) is -5.58. The quantitative estimate of drug-likeness (QED) is 0.397. The molecule has 2 aromatic heterocycles. The van der Waals surface area contributed by atoms with Gasteiger partial charge in [0.1, 0.15) is 18.0 Å². The first kappa shape index (κ1) is 23.8. The van der Waals surface area contributed by atoms with Gasteiger partial charge in [0.2, 0.25) is 0 Å². The van der Waals surface area contributed by atoms with E-state index in [0.29, 0.717) is 12.8 Å². The van der Waals surface area contributed by atoms with Crippen LogP contribution in [0.15, 0.2) is 24.5 Å². The van der Waals surface area contributed by atoms with Gasteiger partial charge in [0.15, 0.2) is 11.3 Å². The fourth-order valence-corrected chi connectivity index (χ4v) is 4.05. The second kappa shape index (κ2) is 9.14. The SMILES string of the molecule is CN(Cc1cc(F)ccc1CC(F)(F)F)C(=O)c1n[nH]c2ncnc(N[C@@H]3CC[C@@H](O)[C@H]3O)c12. The number of carbonyl (C=O) groups excluding carboxylic acids is 1. The van der Waals surface area contributed by atoms with Crippen LogP contribution in [0.1, 0.15) is 34.5 Å². The molecule has 1 saturated carbocycles. The number of carbonyl (C=O) groups is 1. The van der Waals surface area contributed by atoms with E-state index in [1.807, 2.05) is 0 Å². The molecule has 3 aromatic rings. The minimum Gasteiger partial charge on any atom is -0.390 e. The molecule has 9 nitrogen and oxygen atoms in total. The van der Waals surface area contributed by atoms with Gasteiger partial charge in [-0.25, -0.2) is 14.4 Å². The lowest BCUT2D eigenvalue weighted by Crippen LogP contribution is -2.34. The van der Waals surface area contributed by atoms with E-state index in [-0.39, 0.29) is 40.2 Å². The van der Waals surface area contributed by atoms with Crippen molar-refractivity contribution in [3.8, 4) is 0 Å². The van der Waals surface area contributed by atoms with Crippen LogP contribution in [0.25, 0.3) is 11.0 Å². The molecule has 4 rings (SSSR count). The number of aromatic nitrogens is 4. The highest BCUT2D eigenvalue weighted by Gasteiger charge is 2.34. The summed E-state index contributed by atoms with van der Waals surface area (Å²) in [7, 11) is 1.36. The van der Waals surface area contributed by atoms with Gasteiger partial charge in [0.25, 0.3) is 5.91 Å². The van der Waals surface area contributed by atoms with Crippen molar-refractivity contribution in [3.63, 3.8) is 0 Å². The molecular weight excluding hydrogens is 460 g/mol. The first-order valence-electron chi connectivity index (χ1n) is 10.4. The van der Waals surface area contributed by atoms with E-state index in [1.165, 1.54) is 13.4 Å². The Morgan fingerprint density at radius 3 is 2.68 bits per heavy atom. The van der Waals surface area contributed by atoms with Crippen LogP contribution < -0.4 is 5.32 Å². The molecule has 0 unspecified atom stereocenters. The molecule has 0 radical (unpaired) electrons. The molecule has 1 aliphatic carbocycles. The highest BCUT2D eigenvalue weighted by Crippen LogP contribution is 2.29. The summed E-state index contributed by atoms with van der Waals surface area (Å²) in [6.45, 7) is -0.291. The number of amides is 1. The third-order valence-electron chi connectivity index (χ3n) is 5.78. The Bertz CT molecular complexity index is 1200. The molecule has 4 N–H and O–H groups in total. The van der Waals surface area contributed by atoms with E-state index in [1.54, 1.807) is 0 Å². The number of H-pyrrole nitrogens is 1. The number of fused-ring (bicyclic) bond motifs is 1. The van der Waals surface area contributed by atoms with Crippen LogP contribution in [0.5, 0.6) is 0 Å². The molecule has 0 spiro atoms. The van der Waals surface area contributed by atoms with E-state index in [4.69, 9.17) is 0 Å². The van der Waals surface area contributed by atoms with Gasteiger partial charge >= 0.3 is 6.18 Å². The van der Waals surface area contributed by atoms with Crippen LogP contribution in [0, 0.1) is 5.82 Å². The molecule has 182 valence electrons. The molecule has 2 heterocycles. The van der Waals surface area contributed by atoms with Crippen LogP contribution in [-0.4, -0.2) is 72.7 Å². The van der Waals surface area contributed by atoms with Crippen molar-refractivity contribution in [3.05, 3.63) is 47.2 Å². The fourth-order valence-electron chi connectivity index (χ4n) is 4.05. The highest BCUT2D eigenvalue weighted by atomic mass is 19.4. The first-order chi connectivity index (χ1) is 16.0. The topological polar surface area (TPSA) is 127 Å². The number of aliphatic hydroxyl groups excluding tert-OH is 2. The Morgan fingerprint density at radius 1 is 1.24 bits per heavy atom. The number of benzene rings is 1. The van der Waals surface area contributed by atoms with Gasteiger partial charge in [-0.2, -0.15) is 18.3 Å². The molecule has 13 heteroatoms. The third kappa shape index (κ3) is 4.94. The maximum atomic E-state index is 13.8. The summed E-state index contributed by atoms with van der Waals surface area (Å²) < 4.78 is 52.6. The molecule has 34 heavy (non-hydrogen) atoms. The van der Waals surface area contributed by atoms with Crippen molar-refractivity contribution in [2.24, 2.45) is 0 Å². The van der Waals surface area contributed by atoms with Crippen LogP contribution in [-0.2, 0) is 13.0 Å². The zero-order valence-electron chi connectivity index (χ0n) is 18.0. The summed E-state index contributed by atoms with van der Waals surface area (Å²) in [6, 6.07) is 2.45. The smallest absolute Gasteiger partial charge is 0.390 e. The molecular formula is C21H22F4N6O3. The molecule has 0 aliphatic heterocycles. The number of hydrogen-bond donors (Lipinski definition) is 4. The number of anilines is 1. The number of hydrogen-bond acceptors (Lipinski definition) is 7. The summed E-state index contributed by atoms with van der Waals surface area (Å²) >= 11 is 0. The van der Waals surface area contributed by atoms with Crippen molar-refractivity contribution in [1.29, 1.82) is 0 Å². The summed E-state index contributed by atoms with van der Waals surface area (Å²) in [5.41, 5.74) is 0.0128. The van der Waals surface area contributed by atoms with Crippen LogP contribution in [0.3, 0.4) is 0 Å². The molecule has 1 aromatic carbocycles. The zero-order chi connectivity index (χ0) is 24.6. The van der Waals surface area contributed by atoms with Crippen LogP contribution >= 0.6 is 0 Å². The van der Waals surface area contributed by atoms with Crippen molar-refractivity contribution in [1.82, 2.24) is 25.1 Å². The number of nitrogens with zero attached hydrogens (tertiary/aromatic N) is 4. The Kier molecular flexibility index (Phi) is 6.41. The van der Waals surface area contributed by atoms with Crippen LogP contribution in [0.4, 0.5) is 23.4 Å². The lowest BCUT2D eigenvalue weighted by atomic mass is 10.0. The standard InChI is InChI=1S/C21H22F4N6O3/c1-31(8-11-6-12(22)3-2-10(11)7-21(23,24)25)20(34)16-15-18(26-9-27-19(15)30-29-16)28-13-4-5-14(32)17(13)33/h2-3,6,9,13-14,17,32-33H,4-5,7-8H2,1H3,(H2,26,27,28,29,30)/t13-,14-,17+/m1/s1. The predicted molar refractivity (Wildman–Crippen MR) is 112 cm³/mol. The second-order valence-electron chi connectivity index (χ2n) is 8.27. The van der Waals surface area contributed by atoms with Gasteiger partial charge in [0, 0.05) is 13.6 Å². The average molecular weight is 482 g/mol. The maximum Gasteiger partial charge on any atom is 0.393 e. The minimum atomic E-state index is -4.50. The molecule has 1 fully saturated rings. The summed E-state index contributed by atoms with van der Waals surface area (Å²) in [5, 5.41) is 29.8. The van der Waals surface area contributed by atoms with Crippen molar-refractivity contribution in [2.45, 2.75) is 50.2 Å². The van der Waals surface area contributed by atoms with E-state index in [9.17, 15) is 32.6 Å². The number of rotatable bonds is 6. The van der Waals surface area contributed by atoms with Gasteiger partial charge < -0.3 is 20.4 Å². The Hall–Kier alpha value is -3.32. The van der Waals surface area contributed by atoms with Crippen LogP contribution in [0.2, 0.25) is 0 Å². The average Bonchev–Trinajstić information content (AvgIpc) is 3.34. The second-order valence-corrected chi connectivity index (χ2v) is 8.27. The van der Waals surface area contributed by atoms with Crippen molar-refractivity contribution < 1.29 is 32.6 Å². The van der Waals surface area contributed by atoms with Gasteiger partial charge in [-0.1, -0.05) is 6.07 Å². The van der Waals surface area contributed by atoms with E-state index < -0.39 is 42.6 Å². The zero-order valence-corrected chi connectivity index (χ0v) is 18.0. The van der Waals surface area contributed by atoms with Gasteiger partial charge in [-0.15, -0.1) is 0 Å². The Balaban J connectivity index is 1.61. The first-order valence-corrected chi connectivity index (χ1v) is 10.4. The monoisotopic (exact) mass is 482 g/mol. The maximum absolute atomic E-state index is 13.8. The van der Waals surface area contributed by atoms with Gasteiger partial charge in [-0.3, -0.25) is 9.89 Å². The molecule has 1 amide bonds. The minimum absolute atomic E-state index is 0.0191. The van der Waals surface area contributed by atoms with E-state index >= 15 is 0 Å². The Morgan fingerprint density at radius 2 is 2.00 bits per heavy atom. The number of aliphatic hydroxyl groups is 2. The van der Waals surface area contributed by atoms with Crippen molar-refractivity contribution in [2.75, 3.05) is 12.4 Å². The largest absolute Gasteiger partial charge is 0.393 e. The number of aromatic amines is 1. The molecule has 0 bridgehead atoms. The fraction of sp³-hybridized carbons (Fsp3) is 0.429.